The second-order valence-electron chi connectivity index (χ2n) is 5.24. The lowest BCUT2D eigenvalue weighted by Crippen LogP contribution is -2.27. The number of hydrogen-bond acceptors (Lipinski definition) is 4. The quantitative estimate of drug-likeness (QED) is 0.553. The number of carbonyl (C=O) groups excluding carboxylic acids is 1. The van der Waals surface area contributed by atoms with Crippen molar-refractivity contribution in [1.29, 1.82) is 0 Å². The molecule has 1 aliphatic rings. The van der Waals surface area contributed by atoms with E-state index in [0.717, 1.165) is 16.8 Å². The first-order valence-corrected chi connectivity index (χ1v) is 8.78. The molecular weight excluding hydrogens is 362 g/mol. The predicted octanol–water partition coefficient (Wildman–Crippen LogP) is 5.06. The fourth-order valence-electron chi connectivity index (χ4n) is 2.34. The molecule has 1 amide bonds. The van der Waals surface area contributed by atoms with Gasteiger partial charge >= 0.3 is 0 Å². The Morgan fingerprint density at radius 3 is 2.58 bits per heavy atom. The monoisotopic (exact) mass is 375 g/mol. The molecule has 0 aliphatic carbocycles. The second-order valence-corrected chi connectivity index (χ2v) is 7.35. The van der Waals surface area contributed by atoms with Crippen LogP contribution in [0.1, 0.15) is 11.1 Å². The minimum Gasteiger partial charge on any atom is -0.496 e. The number of amides is 1. The SMILES string of the molecule is COc1ccc(Cl)cc1C=C1SC(=S)N(c2ccc(C)cc2)C1=O. The van der Waals surface area contributed by atoms with Gasteiger partial charge in [-0.3, -0.25) is 9.69 Å². The Balaban J connectivity index is 1.97. The second kappa shape index (κ2) is 6.97. The minimum absolute atomic E-state index is 0.143. The van der Waals surface area contributed by atoms with E-state index in [9.17, 15) is 4.79 Å². The van der Waals surface area contributed by atoms with Crippen molar-refractivity contribution in [2.24, 2.45) is 0 Å². The van der Waals surface area contributed by atoms with Crippen molar-refractivity contribution in [2.45, 2.75) is 6.92 Å². The van der Waals surface area contributed by atoms with E-state index in [1.807, 2.05) is 31.2 Å². The minimum atomic E-state index is -0.143. The molecule has 122 valence electrons. The summed E-state index contributed by atoms with van der Waals surface area (Å²) < 4.78 is 5.84. The van der Waals surface area contributed by atoms with Crippen LogP contribution in [0, 0.1) is 6.92 Å². The molecule has 0 radical (unpaired) electrons. The standard InChI is InChI=1S/C18H14ClNO2S2/c1-11-3-6-14(7-4-11)20-17(21)16(24-18(20)23)10-12-9-13(19)5-8-15(12)22-2/h3-10H,1-2H3. The third-order valence-corrected chi connectivity index (χ3v) is 5.10. The van der Waals surface area contributed by atoms with Crippen LogP contribution in [0.2, 0.25) is 5.02 Å². The number of aryl methyl sites for hydroxylation is 1. The maximum absolute atomic E-state index is 12.8. The van der Waals surface area contributed by atoms with Gasteiger partial charge in [-0.2, -0.15) is 0 Å². The van der Waals surface area contributed by atoms with Crippen molar-refractivity contribution in [1.82, 2.24) is 0 Å². The van der Waals surface area contributed by atoms with Crippen LogP contribution in [0.25, 0.3) is 6.08 Å². The maximum Gasteiger partial charge on any atom is 0.270 e. The molecule has 1 fully saturated rings. The highest BCUT2D eigenvalue weighted by Crippen LogP contribution is 2.37. The van der Waals surface area contributed by atoms with Gasteiger partial charge in [-0.15, -0.1) is 0 Å². The van der Waals surface area contributed by atoms with Crippen molar-refractivity contribution in [2.75, 3.05) is 12.0 Å². The first kappa shape index (κ1) is 17.0. The van der Waals surface area contributed by atoms with Gasteiger partial charge in [0.1, 0.15) is 5.75 Å². The molecule has 0 saturated carbocycles. The molecule has 3 rings (SSSR count). The molecule has 0 bridgehead atoms. The van der Waals surface area contributed by atoms with Crippen LogP contribution in [-0.2, 0) is 4.79 Å². The molecule has 0 aromatic heterocycles. The zero-order valence-corrected chi connectivity index (χ0v) is 15.5. The smallest absolute Gasteiger partial charge is 0.270 e. The topological polar surface area (TPSA) is 29.5 Å². The van der Waals surface area contributed by atoms with E-state index in [0.29, 0.717) is 20.0 Å². The molecule has 3 nitrogen and oxygen atoms in total. The van der Waals surface area contributed by atoms with Crippen molar-refractivity contribution >= 4 is 57.6 Å². The fraction of sp³-hybridized carbons (Fsp3) is 0.111. The van der Waals surface area contributed by atoms with Gasteiger partial charge in [0.25, 0.3) is 5.91 Å². The van der Waals surface area contributed by atoms with Gasteiger partial charge < -0.3 is 4.74 Å². The van der Waals surface area contributed by atoms with Gasteiger partial charge in [0.05, 0.1) is 17.7 Å². The third kappa shape index (κ3) is 3.34. The normalized spacial score (nSPS) is 16.1. The number of thioether (sulfide) groups is 1. The number of rotatable bonds is 3. The van der Waals surface area contributed by atoms with Crippen LogP contribution in [0.4, 0.5) is 5.69 Å². The van der Waals surface area contributed by atoms with E-state index in [4.69, 9.17) is 28.6 Å². The summed E-state index contributed by atoms with van der Waals surface area (Å²) in [7, 11) is 1.58. The van der Waals surface area contributed by atoms with Crippen LogP contribution in [0.5, 0.6) is 5.75 Å². The molecule has 0 spiro atoms. The summed E-state index contributed by atoms with van der Waals surface area (Å²) in [6.45, 7) is 2.00. The number of halogens is 1. The molecular formula is C18H14ClNO2S2. The number of carbonyl (C=O) groups is 1. The van der Waals surface area contributed by atoms with Gasteiger partial charge in [-0.05, 0) is 43.3 Å². The van der Waals surface area contributed by atoms with Crippen molar-refractivity contribution in [3.63, 3.8) is 0 Å². The molecule has 1 heterocycles. The van der Waals surface area contributed by atoms with Crippen molar-refractivity contribution < 1.29 is 9.53 Å². The zero-order chi connectivity index (χ0) is 17.3. The average molecular weight is 376 g/mol. The Bertz CT molecular complexity index is 847. The number of anilines is 1. The Labute approximate surface area is 155 Å². The highest BCUT2D eigenvalue weighted by Gasteiger charge is 2.33. The van der Waals surface area contributed by atoms with E-state index in [1.165, 1.54) is 11.8 Å². The Morgan fingerprint density at radius 1 is 1.21 bits per heavy atom. The Hall–Kier alpha value is -1.82. The molecule has 1 aliphatic heterocycles. The van der Waals surface area contributed by atoms with Crippen LogP contribution >= 0.6 is 35.6 Å². The van der Waals surface area contributed by atoms with E-state index in [-0.39, 0.29) is 5.91 Å². The van der Waals surface area contributed by atoms with E-state index >= 15 is 0 Å². The summed E-state index contributed by atoms with van der Waals surface area (Å²) in [4.78, 5) is 14.9. The molecule has 2 aromatic carbocycles. The first-order chi connectivity index (χ1) is 11.5. The van der Waals surface area contributed by atoms with Gasteiger partial charge in [0.2, 0.25) is 0 Å². The third-order valence-electron chi connectivity index (χ3n) is 3.56. The lowest BCUT2D eigenvalue weighted by Gasteiger charge is -2.14. The molecule has 0 N–H and O–H groups in total. The molecule has 2 aromatic rings. The molecule has 24 heavy (non-hydrogen) atoms. The van der Waals surface area contributed by atoms with E-state index in [1.54, 1.807) is 36.3 Å². The van der Waals surface area contributed by atoms with Gasteiger partial charge in [-0.25, -0.2) is 0 Å². The highest BCUT2D eigenvalue weighted by molar-refractivity contribution is 8.27. The molecule has 1 saturated heterocycles. The number of ether oxygens (including phenoxy) is 1. The summed E-state index contributed by atoms with van der Waals surface area (Å²) in [5, 5.41) is 0.580. The van der Waals surface area contributed by atoms with Gasteiger partial charge in [0, 0.05) is 10.6 Å². The first-order valence-electron chi connectivity index (χ1n) is 7.18. The zero-order valence-electron chi connectivity index (χ0n) is 13.1. The molecule has 6 heteroatoms. The van der Waals surface area contributed by atoms with Crippen LogP contribution in [-0.4, -0.2) is 17.3 Å². The highest BCUT2D eigenvalue weighted by atomic mass is 35.5. The predicted molar refractivity (Wildman–Crippen MR) is 105 cm³/mol. The molecule has 0 atom stereocenters. The average Bonchev–Trinajstić information content (AvgIpc) is 2.83. The molecule has 0 unspecified atom stereocenters. The van der Waals surface area contributed by atoms with Crippen LogP contribution in [0.3, 0.4) is 0 Å². The Kier molecular flexibility index (Phi) is 4.94. The number of nitrogens with zero attached hydrogens (tertiary/aromatic N) is 1. The Morgan fingerprint density at radius 2 is 1.92 bits per heavy atom. The van der Waals surface area contributed by atoms with Crippen LogP contribution in [0.15, 0.2) is 47.4 Å². The summed E-state index contributed by atoms with van der Waals surface area (Å²) in [6, 6.07) is 13.0. The van der Waals surface area contributed by atoms with Crippen molar-refractivity contribution in [3.8, 4) is 5.75 Å². The van der Waals surface area contributed by atoms with Crippen molar-refractivity contribution in [3.05, 3.63) is 63.5 Å². The summed E-state index contributed by atoms with van der Waals surface area (Å²) >= 11 is 12.7. The van der Waals surface area contributed by atoms with Crippen LogP contribution < -0.4 is 9.64 Å². The number of methoxy groups -OCH3 is 1. The number of thiocarbonyl (C=S) groups is 1. The number of benzene rings is 2. The van der Waals surface area contributed by atoms with Gasteiger partial charge in [0.15, 0.2) is 4.32 Å². The maximum atomic E-state index is 12.8. The summed E-state index contributed by atoms with van der Waals surface area (Å²) in [5.41, 5.74) is 2.64. The van der Waals surface area contributed by atoms with E-state index < -0.39 is 0 Å². The summed E-state index contributed by atoms with van der Waals surface area (Å²) in [6.07, 6.45) is 1.76. The lowest BCUT2D eigenvalue weighted by molar-refractivity contribution is -0.113. The van der Waals surface area contributed by atoms with E-state index in [2.05, 4.69) is 0 Å². The number of hydrogen-bond donors (Lipinski definition) is 0. The van der Waals surface area contributed by atoms with Gasteiger partial charge in [-0.1, -0.05) is 53.3 Å². The summed E-state index contributed by atoms with van der Waals surface area (Å²) in [5.74, 6) is 0.510. The lowest BCUT2D eigenvalue weighted by atomic mass is 10.1. The fourth-order valence-corrected chi connectivity index (χ4v) is 3.81. The largest absolute Gasteiger partial charge is 0.496 e.